The van der Waals surface area contributed by atoms with Crippen LogP contribution in [0.4, 0.5) is 5.69 Å². The molecule has 0 saturated carbocycles. The number of ether oxygens (including phenoxy) is 1. The number of nitrogens with one attached hydrogen (secondary N) is 1. The molecule has 2 amide bonds. The van der Waals surface area contributed by atoms with Crippen LogP contribution in [0.15, 0.2) is 48.5 Å². The highest BCUT2D eigenvalue weighted by atomic mass is 32.2. The highest BCUT2D eigenvalue weighted by Crippen LogP contribution is 2.20. The minimum absolute atomic E-state index is 0.0776. The summed E-state index contributed by atoms with van der Waals surface area (Å²) in [5, 5.41) is 2.82. The third-order valence-corrected chi connectivity index (χ3v) is 7.58. The second-order valence-electron chi connectivity index (χ2n) is 7.96. The molecule has 4 rings (SSSR count). The van der Waals surface area contributed by atoms with E-state index in [1.165, 1.54) is 4.31 Å². The monoisotopic (exact) mass is 457 g/mol. The van der Waals surface area contributed by atoms with Crippen LogP contribution in [-0.4, -0.2) is 68.8 Å². The van der Waals surface area contributed by atoms with Crippen LogP contribution in [0.2, 0.25) is 0 Å². The van der Waals surface area contributed by atoms with Gasteiger partial charge in [0.15, 0.2) is 0 Å². The number of hydrogen-bond acceptors (Lipinski definition) is 5. The maximum absolute atomic E-state index is 12.9. The second-order valence-corrected chi connectivity index (χ2v) is 9.93. The molecule has 9 heteroatoms. The number of amides is 2. The lowest BCUT2D eigenvalue weighted by Crippen LogP contribution is -2.41. The van der Waals surface area contributed by atoms with Crippen molar-refractivity contribution in [2.24, 2.45) is 0 Å². The third kappa shape index (κ3) is 5.17. The molecular weight excluding hydrogens is 430 g/mol. The van der Waals surface area contributed by atoms with Gasteiger partial charge in [0, 0.05) is 31.7 Å². The van der Waals surface area contributed by atoms with Gasteiger partial charge in [0.25, 0.3) is 11.8 Å². The molecule has 8 nitrogen and oxygen atoms in total. The van der Waals surface area contributed by atoms with Crippen molar-refractivity contribution in [2.45, 2.75) is 18.6 Å². The average molecular weight is 458 g/mol. The summed E-state index contributed by atoms with van der Waals surface area (Å²) in [6.45, 7) is 3.18. The van der Waals surface area contributed by atoms with E-state index in [4.69, 9.17) is 4.74 Å². The second kappa shape index (κ2) is 9.81. The highest BCUT2D eigenvalue weighted by Gasteiger charge is 2.25. The molecule has 0 aromatic heterocycles. The molecule has 2 aromatic rings. The van der Waals surface area contributed by atoms with E-state index in [2.05, 4.69) is 5.32 Å². The fourth-order valence-corrected chi connectivity index (χ4v) is 5.54. The van der Waals surface area contributed by atoms with E-state index in [0.29, 0.717) is 61.8 Å². The van der Waals surface area contributed by atoms with Crippen molar-refractivity contribution in [3.05, 3.63) is 65.2 Å². The van der Waals surface area contributed by atoms with Crippen molar-refractivity contribution in [3.8, 4) is 0 Å². The Morgan fingerprint density at radius 3 is 2.25 bits per heavy atom. The van der Waals surface area contributed by atoms with Crippen molar-refractivity contribution in [1.82, 2.24) is 9.21 Å². The van der Waals surface area contributed by atoms with Gasteiger partial charge in [-0.2, -0.15) is 0 Å². The number of carbonyl (C=O) groups is 2. The number of anilines is 1. The normalized spacial score (nSPS) is 17.3. The summed E-state index contributed by atoms with van der Waals surface area (Å²) in [6, 6.07) is 13.5. The molecule has 0 radical (unpaired) electrons. The van der Waals surface area contributed by atoms with E-state index in [0.717, 1.165) is 12.8 Å². The van der Waals surface area contributed by atoms with E-state index in [1.54, 1.807) is 53.4 Å². The Hall–Kier alpha value is -2.75. The smallest absolute Gasteiger partial charge is 0.256 e. The van der Waals surface area contributed by atoms with Gasteiger partial charge in [-0.15, -0.1) is 0 Å². The third-order valence-electron chi connectivity index (χ3n) is 5.73. The summed E-state index contributed by atoms with van der Waals surface area (Å²) in [6.07, 6.45) is 1.79. The van der Waals surface area contributed by atoms with Crippen molar-refractivity contribution >= 4 is 27.5 Å². The number of para-hydroxylation sites is 1. The van der Waals surface area contributed by atoms with E-state index >= 15 is 0 Å². The van der Waals surface area contributed by atoms with Crippen LogP contribution in [0, 0.1) is 0 Å². The molecule has 2 heterocycles. The minimum atomic E-state index is -3.34. The molecule has 32 heavy (non-hydrogen) atoms. The zero-order valence-corrected chi connectivity index (χ0v) is 18.6. The molecule has 1 N–H and O–H groups in total. The maximum Gasteiger partial charge on any atom is 0.256 e. The van der Waals surface area contributed by atoms with Gasteiger partial charge in [0.2, 0.25) is 10.0 Å². The Morgan fingerprint density at radius 1 is 0.906 bits per heavy atom. The number of sulfonamides is 1. The van der Waals surface area contributed by atoms with E-state index < -0.39 is 10.0 Å². The Kier molecular flexibility index (Phi) is 6.88. The quantitative estimate of drug-likeness (QED) is 0.718. The number of benzene rings is 2. The van der Waals surface area contributed by atoms with Crippen LogP contribution in [0.3, 0.4) is 0 Å². The molecule has 0 unspecified atom stereocenters. The zero-order chi connectivity index (χ0) is 22.6. The molecule has 2 aliphatic heterocycles. The first-order valence-electron chi connectivity index (χ1n) is 10.8. The first-order valence-corrected chi connectivity index (χ1v) is 12.4. The van der Waals surface area contributed by atoms with Crippen LogP contribution in [-0.2, 0) is 20.5 Å². The summed E-state index contributed by atoms with van der Waals surface area (Å²) in [7, 11) is -3.34. The van der Waals surface area contributed by atoms with Gasteiger partial charge in [0.05, 0.1) is 30.2 Å². The lowest BCUT2D eigenvalue weighted by atomic mass is 10.1. The fourth-order valence-electron chi connectivity index (χ4n) is 3.93. The molecule has 2 aromatic carbocycles. The molecule has 0 atom stereocenters. The van der Waals surface area contributed by atoms with Crippen molar-refractivity contribution in [3.63, 3.8) is 0 Å². The molecular formula is C23H27N3O5S. The fraction of sp³-hybridized carbons (Fsp3) is 0.391. The number of nitrogens with zero attached hydrogens (tertiary/aromatic N) is 2. The van der Waals surface area contributed by atoms with Gasteiger partial charge in [-0.3, -0.25) is 9.59 Å². The van der Waals surface area contributed by atoms with Crippen molar-refractivity contribution in [2.75, 3.05) is 44.7 Å². The van der Waals surface area contributed by atoms with Crippen LogP contribution in [0.5, 0.6) is 0 Å². The lowest BCUT2D eigenvalue weighted by molar-refractivity contribution is 0.0303. The first-order chi connectivity index (χ1) is 15.4. The summed E-state index contributed by atoms with van der Waals surface area (Å²) < 4.78 is 31.8. The Bertz CT molecular complexity index is 1070. The van der Waals surface area contributed by atoms with Gasteiger partial charge in [-0.05, 0) is 42.7 Å². The average Bonchev–Trinajstić information content (AvgIpc) is 3.36. The Labute approximate surface area is 188 Å². The van der Waals surface area contributed by atoms with Gasteiger partial charge >= 0.3 is 0 Å². The standard InChI is InChI=1S/C23H27N3O5S/c27-22(19-9-7-18(8-10-19)17-32(29,30)26-11-3-4-12-26)24-21-6-2-1-5-20(21)23(28)25-13-15-31-16-14-25/h1-2,5-10H,3-4,11-17H2,(H,24,27). The van der Waals surface area contributed by atoms with E-state index in [-0.39, 0.29) is 17.6 Å². The predicted octanol–water partition coefficient (Wildman–Crippen LogP) is 2.34. The van der Waals surface area contributed by atoms with Crippen LogP contribution in [0.1, 0.15) is 39.1 Å². The highest BCUT2D eigenvalue weighted by molar-refractivity contribution is 7.88. The SMILES string of the molecule is O=C(Nc1ccccc1C(=O)N1CCOCC1)c1ccc(CS(=O)(=O)N2CCCC2)cc1. The molecule has 170 valence electrons. The minimum Gasteiger partial charge on any atom is -0.378 e. The predicted molar refractivity (Wildman–Crippen MR) is 121 cm³/mol. The molecule has 2 fully saturated rings. The summed E-state index contributed by atoms with van der Waals surface area (Å²) in [4.78, 5) is 27.4. The van der Waals surface area contributed by atoms with Gasteiger partial charge in [-0.1, -0.05) is 24.3 Å². The van der Waals surface area contributed by atoms with Gasteiger partial charge < -0.3 is 15.0 Å². The molecule has 2 aliphatic rings. The number of rotatable bonds is 6. The Balaban J connectivity index is 1.44. The Morgan fingerprint density at radius 2 is 1.56 bits per heavy atom. The summed E-state index contributed by atoms with van der Waals surface area (Å²) >= 11 is 0. The molecule has 2 saturated heterocycles. The first kappa shape index (κ1) is 22.4. The lowest BCUT2D eigenvalue weighted by Gasteiger charge is -2.27. The van der Waals surface area contributed by atoms with E-state index in [1.807, 2.05) is 0 Å². The zero-order valence-electron chi connectivity index (χ0n) is 17.8. The van der Waals surface area contributed by atoms with Crippen molar-refractivity contribution < 1.29 is 22.7 Å². The van der Waals surface area contributed by atoms with Crippen molar-refractivity contribution in [1.29, 1.82) is 0 Å². The van der Waals surface area contributed by atoms with E-state index in [9.17, 15) is 18.0 Å². The number of morpholine rings is 1. The molecule has 0 bridgehead atoms. The van der Waals surface area contributed by atoms with Crippen LogP contribution < -0.4 is 5.32 Å². The van der Waals surface area contributed by atoms with Crippen LogP contribution in [0.25, 0.3) is 0 Å². The summed E-state index contributed by atoms with van der Waals surface area (Å²) in [5.41, 5.74) is 1.89. The topological polar surface area (TPSA) is 96.0 Å². The number of hydrogen-bond donors (Lipinski definition) is 1. The maximum atomic E-state index is 12.9. The number of carbonyl (C=O) groups excluding carboxylic acids is 2. The molecule has 0 aliphatic carbocycles. The largest absolute Gasteiger partial charge is 0.378 e. The molecule has 0 spiro atoms. The summed E-state index contributed by atoms with van der Waals surface area (Å²) in [5.74, 6) is -0.584. The van der Waals surface area contributed by atoms with Gasteiger partial charge in [-0.25, -0.2) is 12.7 Å². The van der Waals surface area contributed by atoms with Crippen LogP contribution >= 0.6 is 0 Å². The van der Waals surface area contributed by atoms with Gasteiger partial charge in [0.1, 0.15) is 0 Å².